The number of aryl methyl sites for hydroxylation is 2. The van der Waals surface area contributed by atoms with Crippen LogP contribution in [0.2, 0.25) is 0 Å². The lowest BCUT2D eigenvalue weighted by atomic mass is 9.85. The molecule has 0 aliphatic heterocycles. The molecule has 140 valence electrons. The number of benzene rings is 1. The van der Waals surface area contributed by atoms with E-state index in [0.717, 1.165) is 0 Å². The van der Waals surface area contributed by atoms with E-state index in [9.17, 15) is 0 Å². The molecule has 0 atom stereocenters. The van der Waals surface area contributed by atoms with E-state index in [0.29, 0.717) is 0 Å². The summed E-state index contributed by atoms with van der Waals surface area (Å²) >= 11 is 0. The number of aromatic amines is 1. The molecule has 0 amide bonds. The molecule has 0 unspecified atom stereocenters. The monoisotopic (exact) mass is 342 g/mol. The zero-order valence-electron chi connectivity index (χ0n) is 17.0. The highest BCUT2D eigenvalue weighted by Gasteiger charge is 2.20. The van der Waals surface area contributed by atoms with Crippen molar-refractivity contribution in [1.82, 2.24) is 9.97 Å². The third kappa shape index (κ3) is 4.86. The van der Waals surface area contributed by atoms with Gasteiger partial charge in [0.25, 0.3) is 0 Å². The molecular formula is C23H38N2. The number of hydrogen-bond donors (Lipinski definition) is 1. The fourth-order valence-corrected chi connectivity index (χ4v) is 3.97. The summed E-state index contributed by atoms with van der Waals surface area (Å²) in [4.78, 5) is 8.28. The maximum Gasteiger partial charge on any atom is 0.0932 e. The molecule has 2 nitrogen and oxygen atoms in total. The van der Waals surface area contributed by atoms with Gasteiger partial charge >= 0.3 is 0 Å². The van der Waals surface area contributed by atoms with Gasteiger partial charge in [-0.15, -0.1) is 0 Å². The van der Waals surface area contributed by atoms with Crippen LogP contribution in [0.25, 0.3) is 11.0 Å². The van der Waals surface area contributed by atoms with Crippen molar-refractivity contribution in [3.05, 3.63) is 28.6 Å². The molecule has 1 aromatic heterocycles. The lowest BCUT2D eigenvalue weighted by molar-refractivity contribution is 0.723. The molecule has 2 rings (SSSR count). The second-order valence-corrected chi connectivity index (χ2v) is 7.45. The SMILES string of the molecule is CCCCc1c(CCCC)c(CCCC)c2[nH]cnc2c1CCCC. The fourth-order valence-electron chi connectivity index (χ4n) is 3.97. The van der Waals surface area contributed by atoms with Crippen molar-refractivity contribution >= 4 is 11.0 Å². The Morgan fingerprint density at radius 1 is 0.640 bits per heavy atom. The first kappa shape index (κ1) is 20.0. The van der Waals surface area contributed by atoms with Crippen LogP contribution in [0, 0.1) is 0 Å². The summed E-state index contributed by atoms with van der Waals surface area (Å²) in [5, 5.41) is 0. The van der Waals surface area contributed by atoms with Crippen LogP contribution in [-0.4, -0.2) is 9.97 Å². The Bertz CT molecular complexity index is 585. The maximum atomic E-state index is 4.77. The van der Waals surface area contributed by atoms with Crippen LogP contribution in [0.3, 0.4) is 0 Å². The molecule has 0 aliphatic rings. The minimum Gasteiger partial charge on any atom is -0.344 e. The van der Waals surface area contributed by atoms with E-state index in [1.807, 2.05) is 6.33 Å². The predicted molar refractivity (Wildman–Crippen MR) is 111 cm³/mol. The van der Waals surface area contributed by atoms with E-state index in [1.54, 1.807) is 22.3 Å². The summed E-state index contributed by atoms with van der Waals surface area (Å²) in [7, 11) is 0. The van der Waals surface area contributed by atoms with Gasteiger partial charge in [-0.2, -0.15) is 0 Å². The van der Waals surface area contributed by atoms with Crippen LogP contribution in [0.15, 0.2) is 6.33 Å². The Labute approximate surface area is 154 Å². The first-order valence-corrected chi connectivity index (χ1v) is 10.8. The van der Waals surface area contributed by atoms with Crippen LogP contribution in [0.1, 0.15) is 101 Å². The Kier molecular flexibility index (Phi) is 8.51. The van der Waals surface area contributed by atoms with Gasteiger partial charge in [0.05, 0.1) is 17.4 Å². The van der Waals surface area contributed by atoms with Gasteiger partial charge in [0, 0.05) is 0 Å². The minimum absolute atomic E-state index is 1.18. The van der Waals surface area contributed by atoms with E-state index in [-0.39, 0.29) is 0 Å². The zero-order valence-corrected chi connectivity index (χ0v) is 17.0. The van der Waals surface area contributed by atoms with E-state index in [1.165, 1.54) is 88.1 Å². The smallest absolute Gasteiger partial charge is 0.0932 e. The highest BCUT2D eigenvalue weighted by molar-refractivity contribution is 5.85. The number of rotatable bonds is 12. The molecule has 0 saturated heterocycles. The molecule has 0 fully saturated rings. The molecule has 2 heteroatoms. The van der Waals surface area contributed by atoms with Crippen molar-refractivity contribution in [3.8, 4) is 0 Å². The highest BCUT2D eigenvalue weighted by atomic mass is 14.9. The summed E-state index contributed by atoms with van der Waals surface area (Å²) in [6.07, 6.45) is 16.9. The normalized spacial score (nSPS) is 11.5. The largest absolute Gasteiger partial charge is 0.344 e. The summed E-state index contributed by atoms with van der Waals surface area (Å²) < 4.78 is 0. The van der Waals surface area contributed by atoms with Crippen molar-refractivity contribution in [3.63, 3.8) is 0 Å². The number of fused-ring (bicyclic) bond motifs is 1. The van der Waals surface area contributed by atoms with Crippen molar-refractivity contribution in [2.24, 2.45) is 0 Å². The summed E-state index contributed by atoms with van der Waals surface area (Å²) in [5.41, 5.74) is 9.07. The lowest BCUT2D eigenvalue weighted by Gasteiger charge is -2.21. The van der Waals surface area contributed by atoms with E-state index in [4.69, 9.17) is 4.98 Å². The van der Waals surface area contributed by atoms with Crippen LogP contribution in [0.4, 0.5) is 0 Å². The Hall–Kier alpha value is -1.31. The maximum absolute atomic E-state index is 4.77. The molecule has 0 radical (unpaired) electrons. The highest BCUT2D eigenvalue weighted by Crippen LogP contribution is 2.33. The molecule has 1 heterocycles. The molecule has 0 aliphatic carbocycles. The average Bonchev–Trinajstić information content (AvgIpc) is 3.11. The van der Waals surface area contributed by atoms with Crippen LogP contribution in [-0.2, 0) is 25.7 Å². The van der Waals surface area contributed by atoms with Crippen molar-refractivity contribution in [2.75, 3.05) is 0 Å². The van der Waals surface area contributed by atoms with Gasteiger partial charge in [-0.05, 0) is 73.6 Å². The number of aromatic nitrogens is 2. The zero-order chi connectivity index (χ0) is 18.1. The molecule has 1 N–H and O–H groups in total. The van der Waals surface area contributed by atoms with Crippen molar-refractivity contribution < 1.29 is 0 Å². The first-order valence-electron chi connectivity index (χ1n) is 10.8. The molecule has 1 aromatic carbocycles. The van der Waals surface area contributed by atoms with E-state index in [2.05, 4.69) is 32.7 Å². The Balaban J connectivity index is 2.62. The van der Waals surface area contributed by atoms with Gasteiger partial charge in [-0.3, -0.25) is 0 Å². The number of H-pyrrole nitrogens is 1. The molecule has 0 bridgehead atoms. The number of nitrogens with one attached hydrogen (secondary N) is 1. The second-order valence-electron chi connectivity index (χ2n) is 7.45. The summed E-state index contributed by atoms with van der Waals surface area (Å²) in [6, 6.07) is 0. The van der Waals surface area contributed by atoms with Gasteiger partial charge in [0.1, 0.15) is 0 Å². The first-order chi connectivity index (χ1) is 12.3. The van der Waals surface area contributed by atoms with Gasteiger partial charge in [0.2, 0.25) is 0 Å². The molecule has 0 spiro atoms. The minimum atomic E-state index is 1.18. The third-order valence-corrected chi connectivity index (χ3v) is 5.44. The van der Waals surface area contributed by atoms with E-state index >= 15 is 0 Å². The standard InChI is InChI=1S/C23H38N2/c1-5-9-13-18-19(14-10-6-2)21(16-12-8-4)23-22(24-17-25-23)20(18)15-11-7-3/h17H,5-16H2,1-4H3,(H,24,25). The fraction of sp³-hybridized carbons (Fsp3) is 0.696. The number of unbranched alkanes of at least 4 members (excludes halogenated alkanes) is 4. The number of imidazole rings is 1. The van der Waals surface area contributed by atoms with Gasteiger partial charge in [-0.25, -0.2) is 4.98 Å². The van der Waals surface area contributed by atoms with Gasteiger partial charge < -0.3 is 4.98 Å². The van der Waals surface area contributed by atoms with Crippen LogP contribution >= 0.6 is 0 Å². The average molecular weight is 343 g/mol. The summed E-state index contributed by atoms with van der Waals surface area (Å²) in [6.45, 7) is 9.21. The number of hydrogen-bond acceptors (Lipinski definition) is 1. The van der Waals surface area contributed by atoms with Gasteiger partial charge in [-0.1, -0.05) is 53.4 Å². The quantitative estimate of drug-likeness (QED) is 0.445. The topological polar surface area (TPSA) is 28.7 Å². The number of nitrogens with zero attached hydrogens (tertiary/aromatic N) is 1. The van der Waals surface area contributed by atoms with Gasteiger partial charge in [0.15, 0.2) is 0 Å². The van der Waals surface area contributed by atoms with Crippen LogP contribution < -0.4 is 0 Å². The molecular weight excluding hydrogens is 304 g/mol. The summed E-state index contributed by atoms with van der Waals surface area (Å²) in [5.74, 6) is 0. The molecule has 0 saturated carbocycles. The van der Waals surface area contributed by atoms with Crippen molar-refractivity contribution in [1.29, 1.82) is 0 Å². The molecule has 2 aromatic rings. The lowest BCUT2D eigenvalue weighted by Crippen LogP contribution is -2.08. The van der Waals surface area contributed by atoms with Crippen molar-refractivity contribution in [2.45, 2.75) is 105 Å². The predicted octanol–water partition coefficient (Wildman–Crippen LogP) is 6.93. The molecule has 25 heavy (non-hydrogen) atoms. The van der Waals surface area contributed by atoms with E-state index < -0.39 is 0 Å². The van der Waals surface area contributed by atoms with Crippen LogP contribution in [0.5, 0.6) is 0 Å². The Morgan fingerprint density at radius 2 is 1.08 bits per heavy atom. The Morgan fingerprint density at radius 3 is 1.60 bits per heavy atom. The third-order valence-electron chi connectivity index (χ3n) is 5.44. The second kappa shape index (κ2) is 10.6.